The lowest BCUT2D eigenvalue weighted by Gasteiger charge is -2.13. The maximum atomic E-state index is 9.78. The lowest BCUT2D eigenvalue weighted by Crippen LogP contribution is -2.07. The smallest absolute Gasteiger partial charge is 0.145 e. The van der Waals surface area contributed by atoms with Crippen molar-refractivity contribution in [2.45, 2.75) is 38.0 Å². The van der Waals surface area contributed by atoms with E-state index in [4.69, 9.17) is 0 Å². The fourth-order valence-electron chi connectivity index (χ4n) is 3.38. The predicted octanol–water partition coefficient (Wildman–Crippen LogP) is 3.13. The second-order valence-corrected chi connectivity index (χ2v) is 6.14. The van der Waals surface area contributed by atoms with Crippen molar-refractivity contribution in [2.75, 3.05) is 5.32 Å². The SMILES string of the molecule is O[C@H]1CC[C@@H](n2ccc3c(NCc4ccccc4)ncnc32)C1. The highest BCUT2D eigenvalue weighted by Crippen LogP contribution is 2.33. The van der Waals surface area contributed by atoms with Gasteiger partial charge in [0, 0.05) is 18.8 Å². The van der Waals surface area contributed by atoms with Crippen LogP contribution < -0.4 is 5.32 Å². The third-order valence-electron chi connectivity index (χ3n) is 4.58. The minimum atomic E-state index is -0.185. The fraction of sp³-hybridized carbons (Fsp3) is 0.333. The molecule has 1 fully saturated rings. The second kappa shape index (κ2) is 6.01. The van der Waals surface area contributed by atoms with Gasteiger partial charge in [0.2, 0.25) is 0 Å². The van der Waals surface area contributed by atoms with E-state index < -0.39 is 0 Å². The molecule has 2 aromatic heterocycles. The van der Waals surface area contributed by atoms with Crippen molar-refractivity contribution < 1.29 is 5.11 Å². The number of aromatic nitrogens is 3. The van der Waals surface area contributed by atoms with E-state index >= 15 is 0 Å². The molecule has 5 heteroatoms. The Kier molecular flexibility index (Phi) is 3.71. The fourth-order valence-corrected chi connectivity index (χ4v) is 3.38. The van der Waals surface area contributed by atoms with Gasteiger partial charge in [0.1, 0.15) is 17.8 Å². The molecule has 0 amide bonds. The Balaban J connectivity index is 1.60. The normalized spacial score (nSPS) is 20.9. The molecule has 1 aliphatic rings. The van der Waals surface area contributed by atoms with Gasteiger partial charge in [-0.15, -0.1) is 0 Å². The van der Waals surface area contributed by atoms with Gasteiger partial charge in [-0.25, -0.2) is 9.97 Å². The predicted molar refractivity (Wildman–Crippen MR) is 90.2 cm³/mol. The van der Waals surface area contributed by atoms with Gasteiger partial charge in [-0.1, -0.05) is 30.3 Å². The molecule has 0 saturated heterocycles. The van der Waals surface area contributed by atoms with Crippen LogP contribution in [0, 0.1) is 0 Å². The summed E-state index contributed by atoms with van der Waals surface area (Å²) in [5.41, 5.74) is 2.16. The van der Waals surface area contributed by atoms with Crippen LogP contribution in [0.3, 0.4) is 0 Å². The van der Waals surface area contributed by atoms with Crippen LogP contribution in [-0.2, 0) is 6.54 Å². The van der Waals surface area contributed by atoms with Gasteiger partial charge in [-0.3, -0.25) is 0 Å². The molecule has 23 heavy (non-hydrogen) atoms. The lowest BCUT2D eigenvalue weighted by atomic mass is 10.2. The highest BCUT2D eigenvalue weighted by atomic mass is 16.3. The number of rotatable bonds is 4. The van der Waals surface area contributed by atoms with Gasteiger partial charge in [0.05, 0.1) is 11.5 Å². The Hall–Kier alpha value is -2.40. The van der Waals surface area contributed by atoms with E-state index in [1.807, 2.05) is 18.2 Å². The number of benzene rings is 1. The first kappa shape index (κ1) is 14.2. The van der Waals surface area contributed by atoms with Crippen molar-refractivity contribution in [3.8, 4) is 0 Å². The van der Waals surface area contributed by atoms with Crippen LogP contribution in [0.25, 0.3) is 11.0 Å². The van der Waals surface area contributed by atoms with E-state index in [9.17, 15) is 5.11 Å². The zero-order valence-electron chi connectivity index (χ0n) is 12.9. The van der Waals surface area contributed by atoms with Crippen LogP contribution in [-0.4, -0.2) is 25.7 Å². The molecule has 0 radical (unpaired) electrons. The Bertz CT molecular complexity index is 799. The Morgan fingerprint density at radius 1 is 1.13 bits per heavy atom. The maximum absolute atomic E-state index is 9.78. The van der Waals surface area contributed by atoms with Crippen LogP contribution in [0.1, 0.15) is 30.9 Å². The highest BCUT2D eigenvalue weighted by Gasteiger charge is 2.25. The molecule has 0 bridgehead atoms. The van der Waals surface area contributed by atoms with Crippen molar-refractivity contribution in [3.63, 3.8) is 0 Å². The summed E-state index contributed by atoms with van der Waals surface area (Å²) in [7, 11) is 0. The summed E-state index contributed by atoms with van der Waals surface area (Å²) in [5.74, 6) is 0.858. The summed E-state index contributed by atoms with van der Waals surface area (Å²) in [5, 5.41) is 14.2. The summed E-state index contributed by atoms with van der Waals surface area (Å²) >= 11 is 0. The number of anilines is 1. The van der Waals surface area contributed by atoms with E-state index in [0.29, 0.717) is 6.04 Å². The third-order valence-corrected chi connectivity index (χ3v) is 4.58. The van der Waals surface area contributed by atoms with E-state index in [0.717, 1.165) is 42.7 Å². The van der Waals surface area contributed by atoms with E-state index in [1.165, 1.54) is 5.56 Å². The molecule has 1 aliphatic carbocycles. The number of hydrogen-bond donors (Lipinski definition) is 2. The van der Waals surface area contributed by atoms with Crippen molar-refractivity contribution in [1.29, 1.82) is 0 Å². The molecule has 1 saturated carbocycles. The Morgan fingerprint density at radius 3 is 2.78 bits per heavy atom. The van der Waals surface area contributed by atoms with Gasteiger partial charge in [-0.2, -0.15) is 0 Å². The average Bonchev–Trinajstić information content (AvgIpc) is 3.20. The third kappa shape index (κ3) is 2.80. The topological polar surface area (TPSA) is 63.0 Å². The van der Waals surface area contributed by atoms with Crippen molar-refractivity contribution in [1.82, 2.24) is 14.5 Å². The van der Waals surface area contributed by atoms with Gasteiger partial charge in [0.15, 0.2) is 0 Å². The monoisotopic (exact) mass is 308 g/mol. The van der Waals surface area contributed by atoms with Crippen molar-refractivity contribution in [3.05, 3.63) is 54.5 Å². The second-order valence-electron chi connectivity index (χ2n) is 6.14. The molecule has 118 valence electrons. The lowest BCUT2D eigenvalue weighted by molar-refractivity contribution is 0.178. The van der Waals surface area contributed by atoms with E-state index in [1.54, 1.807) is 6.33 Å². The van der Waals surface area contributed by atoms with Crippen molar-refractivity contribution in [2.24, 2.45) is 0 Å². The number of nitrogens with one attached hydrogen (secondary N) is 1. The Morgan fingerprint density at radius 2 is 2.00 bits per heavy atom. The zero-order chi connectivity index (χ0) is 15.6. The van der Waals surface area contributed by atoms with Crippen LogP contribution >= 0.6 is 0 Å². The average molecular weight is 308 g/mol. The quantitative estimate of drug-likeness (QED) is 0.777. The van der Waals surface area contributed by atoms with Crippen LogP contribution in [0.4, 0.5) is 5.82 Å². The first-order valence-electron chi connectivity index (χ1n) is 8.08. The molecule has 2 atom stereocenters. The summed E-state index contributed by atoms with van der Waals surface area (Å²) < 4.78 is 2.18. The number of hydrogen-bond acceptors (Lipinski definition) is 4. The highest BCUT2D eigenvalue weighted by molar-refractivity contribution is 5.87. The minimum absolute atomic E-state index is 0.185. The number of fused-ring (bicyclic) bond motifs is 1. The molecule has 0 aliphatic heterocycles. The molecule has 1 aromatic carbocycles. The molecule has 3 aromatic rings. The summed E-state index contributed by atoms with van der Waals surface area (Å²) in [6.45, 7) is 0.736. The summed E-state index contributed by atoms with van der Waals surface area (Å²) in [4.78, 5) is 8.85. The molecule has 0 spiro atoms. The molecule has 4 rings (SSSR count). The molecule has 2 N–H and O–H groups in total. The van der Waals surface area contributed by atoms with Crippen LogP contribution in [0.15, 0.2) is 48.9 Å². The number of nitrogens with zero attached hydrogens (tertiary/aromatic N) is 3. The number of aliphatic hydroxyl groups excluding tert-OH is 1. The first-order valence-corrected chi connectivity index (χ1v) is 8.08. The largest absolute Gasteiger partial charge is 0.393 e. The van der Waals surface area contributed by atoms with Gasteiger partial charge in [0.25, 0.3) is 0 Å². The van der Waals surface area contributed by atoms with Crippen molar-refractivity contribution >= 4 is 16.9 Å². The summed E-state index contributed by atoms with van der Waals surface area (Å²) in [6, 6.07) is 12.7. The molecule has 2 heterocycles. The van der Waals surface area contributed by atoms with Gasteiger partial charge < -0.3 is 15.0 Å². The molecule has 5 nitrogen and oxygen atoms in total. The van der Waals surface area contributed by atoms with Gasteiger partial charge >= 0.3 is 0 Å². The standard InChI is InChI=1S/C18H20N4O/c23-15-7-6-14(10-15)22-9-8-16-17(20-12-21-18(16)22)19-11-13-4-2-1-3-5-13/h1-5,8-9,12,14-15,23H,6-7,10-11H2,(H,19,20,21)/t14-,15+/m1/s1. The Labute approximate surface area is 135 Å². The van der Waals surface area contributed by atoms with Gasteiger partial charge in [-0.05, 0) is 30.9 Å². The molecular weight excluding hydrogens is 288 g/mol. The van der Waals surface area contributed by atoms with Crippen LogP contribution in [0.5, 0.6) is 0 Å². The zero-order valence-corrected chi connectivity index (χ0v) is 12.9. The minimum Gasteiger partial charge on any atom is -0.393 e. The summed E-state index contributed by atoms with van der Waals surface area (Å²) in [6.07, 6.45) is 6.17. The maximum Gasteiger partial charge on any atom is 0.145 e. The molecular formula is C18H20N4O. The number of aliphatic hydroxyl groups is 1. The first-order chi connectivity index (χ1) is 11.3. The van der Waals surface area contributed by atoms with Crippen LogP contribution in [0.2, 0.25) is 0 Å². The van der Waals surface area contributed by atoms with E-state index in [-0.39, 0.29) is 6.10 Å². The van der Waals surface area contributed by atoms with E-state index in [2.05, 4.69) is 44.2 Å². The molecule has 0 unspecified atom stereocenters.